The Morgan fingerprint density at radius 3 is 2.73 bits per heavy atom. The molecule has 1 aliphatic heterocycles. The Kier molecular flexibility index (Phi) is 6.31. The summed E-state index contributed by atoms with van der Waals surface area (Å²) in [4.78, 5) is 12.5. The van der Waals surface area contributed by atoms with E-state index in [1.165, 1.54) is 6.07 Å². The van der Waals surface area contributed by atoms with Gasteiger partial charge in [0.1, 0.15) is 11.4 Å². The van der Waals surface area contributed by atoms with Crippen molar-refractivity contribution in [3.05, 3.63) is 41.5 Å². The molecule has 1 N–H and O–H groups in total. The first-order valence-electron chi connectivity index (χ1n) is 8.21. The zero-order valence-corrected chi connectivity index (χ0v) is 16.0. The van der Waals surface area contributed by atoms with Crippen molar-refractivity contribution in [3.8, 4) is 5.75 Å². The molecule has 0 aliphatic carbocycles. The minimum Gasteiger partial charge on any atom is -0.598 e. The maximum Gasteiger partial charge on any atom is 0.328 e. The Labute approximate surface area is 155 Å². The molecule has 1 aliphatic rings. The molecule has 1 aromatic carbocycles. The molecule has 8 heteroatoms. The molecule has 1 heterocycles. The highest BCUT2D eigenvalue weighted by Crippen LogP contribution is 2.41. The first-order chi connectivity index (χ1) is 12.1. The van der Waals surface area contributed by atoms with Crippen molar-refractivity contribution >= 4 is 17.3 Å². The highest BCUT2D eigenvalue weighted by molar-refractivity contribution is 7.90. The third kappa shape index (κ3) is 4.19. The molecule has 0 amide bonds. The van der Waals surface area contributed by atoms with Crippen molar-refractivity contribution in [3.63, 3.8) is 0 Å². The SMILES string of the molecule is C=C1COc2c(ccc(F)c2F)C1[C@H](N[S+]([O-])C(C)(C)C)C(=O)OCC. The summed E-state index contributed by atoms with van der Waals surface area (Å²) in [5.74, 6) is -3.85. The number of benzene rings is 1. The first-order valence-corrected chi connectivity index (χ1v) is 9.36. The van der Waals surface area contributed by atoms with Crippen LogP contribution in [0.1, 0.15) is 39.2 Å². The van der Waals surface area contributed by atoms with E-state index in [1.807, 2.05) is 0 Å². The van der Waals surface area contributed by atoms with Gasteiger partial charge in [-0.15, -0.1) is 4.72 Å². The molecule has 0 aromatic heterocycles. The van der Waals surface area contributed by atoms with Gasteiger partial charge >= 0.3 is 5.97 Å². The van der Waals surface area contributed by atoms with E-state index in [-0.39, 0.29) is 24.5 Å². The molecule has 0 saturated heterocycles. The number of carbonyl (C=O) groups is 1. The molecule has 1 aromatic rings. The van der Waals surface area contributed by atoms with Crippen molar-refractivity contribution in [1.29, 1.82) is 0 Å². The number of fused-ring (bicyclic) bond motifs is 1. The van der Waals surface area contributed by atoms with E-state index in [4.69, 9.17) is 9.47 Å². The Morgan fingerprint density at radius 2 is 2.15 bits per heavy atom. The second kappa shape index (κ2) is 7.94. The molecule has 5 nitrogen and oxygen atoms in total. The summed E-state index contributed by atoms with van der Waals surface area (Å²) in [5, 5.41) is 0. The van der Waals surface area contributed by atoms with Crippen LogP contribution in [0, 0.1) is 11.6 Å². The van der Waals surface area contributed by atoms with Gasteiger partial charge in [0, 0.05) is 22.8 Å². The zero-order valence-electron chi connectivity index (χ0n) is 15.2. The molecular formula is C18H23F2NO4S. The van der Waals surface area contributed by atoms with E-state index in [0.29, 0.717) is 5.57 Å². The third-order valence-electron chi connectivity index (χ3n) is 3.92. The van der Waals surface area contributed by atoms with Gasteiger partial charge in [-0.05, 0) is 39.3 Å². The number of esters is 1. The van der Waals surface area contributed by atoms with Gasteiger partial charge in [0.15, 0.2) is 17.6 Å². The molecule has 26 heavy (non-hydrogen) atoms. The Hall–Kier alpha value is -1.64. The van der Waals surface area contributed by atoms with Crippen LogP contribution in [0.15, 0.2) is 24.3 Å². The molecule has 3 atom stereocenters. The maximum absolute atomic E-state index is 14.1. The van der Waals surface area contributed by atoms with Gasteiger partial charge in [-0.25, -0.2) is 4.39 Å². The van der Waals surface area contributed by atoms with Crippen LogP contribution < -0.4 is 9.46 Å². The van der Waals surface area contributed by atoms with Crippen LogP contribution in [0.5, 0.6) is 5.75 Å². The standard InChI is InChI=1S/C18H23F2NO4S/c1-6-24-17(22)15(21-26(23)18(3,4)5)13-10(2)9-25-16-11(13)7-8-12(19)14(16)20/h7-8,13,15,21H,2,6,9H2,1,3-5H3/t13?,15-,26?/m0/s1. The highest BCUT2D eigenvalue weighted by Gasteiger charge is 2.43. The quantitative estimate of drug-likeness (QED) is 0.478. The average Bonchev–Trinajstić information content (AvgIpc) is 2.55. The number of halogens is 2. The lowest BCUT2D eigenvalue weighted by molar-refractivity contribution is -0.145. The number of nitrogens with one attached hydrogen (secondary N) is 1. The van der Waals surface area contributed by atoms with Gasteiger partial charge in [-0.2, -0.15) is 4.39 Å². The maximum atomic E-state index is 14.1. The van der Waals surface area contributed by atoms with Crippen LogP contribution in [-0.2, 0) is 20.9 Å². The minimum atomic E-state index is -1.60. The molecule has 0 bridgehead atoms. The lowest BCUT2D eigenvalue weighted by Gasteiger charge is -2.35. The second-order valence-corrected chi connectivity index (χ2v) is 8.93. The third-order valence-corrected chi connectivity index (χ3v) is 5.50. The van der Waals surface area contributed by atoms with Crippen molar-refractivity contribution in [2.45, 2.75) is 44.4 Å². The Balaban J connectivity index is 2.49. The molecule has 2 rings (SSSR count). The normalized spacial score (nSPS) is 19.3. The fraction of sp³-hybridized carbons (Fsp3) is 0.500. The zero-order chi connectivity index (χ0) is 19.6. The van der Waals surface area contributed by atoms with E-state index < -0.39 is 45.7 Å². The summed E-state index contributed by atoms with van der Waals surface area (Å²) in [5.41, 5.74) is 0.733. The number of hydrogen-bond donors (Lipinski definition) is 1. The van der Waals surface area contributed by atoms with Gasteiger partial charge in [0.2, 0.25) is 5.82 Å². The Morgan fingerprint density at radius 1 is 1.50 bits per heavy atom. The van der Waals surface area contributed by atoms with Gasteiger partial charge in [-0.3, -0.25) is 4.79 Å². The van der Waals surface area contributed by atoms with Crippen LogP contribution in [0.25, 0.3) is 0 Å². The Bertz CT molecular complexity index is 705. The first kappa shape index (κ1) is 20.7. The second-order valence-electron chi connectivity index (χ2n) is 6.93. The van der Waals surface area contributed by atoms with Crippen LogP contribution >= 0.6 is 0 Å². The van der Waals surface area contributed by atoms with Crippen molar-refractivity contribution in [1.82, 2.24) is 4.72 Å². The van der Waals surface area contributed by atoms with Gasteiger partial charge in [0.05, 0.1) is 6.61 Å². The van der Waals surface area contributed by atoms with Gasteiger partial charge in [-0.1, -0.05) is 12.6 Å². The van der Waals surface area contributed by atoms with E-state index in [2.05, 4.69) is 11.3 Å². The lowest BCUT2D eigenvalue weighted by Crippen LogP contribution is -2.52. The summed E-state index contributed by atoms with van der Waals surface area (Å²) in [6, 6.07) is 1.23. The van der Waals surface area contributed by atoms with Gasteiger partial charge < -0.3 is 14.0 Å². The molecule has 0 saturated carbocycles. The largest absolute Gasteiger partial charge is 0.598 e. The fourth-order valence-corrected chi connectivity index (χ4v) is 3.42. The molecule has 2 unspecified atom stereocenters. The highest BCUT2D eigenvalue weighted by atomic mass is 32.2. The van der Waals surface area contributed by atoms with Crippen LogP contribution in [0.4, 0.5) is 8.78 Å². The topological polar surface area (TPSA) is 70.6 Å². The van der Waals surface area contributed by atoms with Gasteiger partial charge in [0.25, 0.3) is 0 Å². The van der Waals surface area contributed by atoms with E-state index in [1.54, 1.807) is 27.7 Å². The van der Waals surface area contributed by atoms with Crippen LogP contribution in [0.2, 0.25) is 0 Å². The molecule has 0 spiro atoms. The van der Waals surface area contributed by atoms with E-state index >= 15 is 0 Å². The molecule has 0 radical (unpaired) electrons. The van der Waals surface area contributed by atoms with Crippen LogP contribution in [-0.4, -0.2) is 34.5 Å². The summed E-state index contributed by atoms with van der Waals surface area (Å²) in [6.45, 7) is 10.8. The van der Waals surface area contributed by atoms with Crippen molar-refractivity contribution in [2.75, 3.05) is 13.2 Å². The van der Waals surface area contributed by atoms with Crippen molar-refractivity contribution in [2.24, 2.45) is 0 Å². The lowest BCUT2D eigenvalue weighted by atomic mass is 9.83. The molecule has 0 fully saturated rings. The van der Waals surface area contributed by atoms with Crippen molar-refractivity contribution < 1.29 is 27.6 Å². The number of ether oxygens (including phenoxy) is 2. The summed E-state index contributed by atoms with van der Waals surface area (Å²) in [7, 11) is 0. The summed E-state index contributed by atoms with van der Waals surface area (Å²) >= 11 is -1.60. The van der Waals surface area contributed by atoms with Crippen LogP contribution in [0.3, 0.4) is 0 Å². The summed E-state index contributed by atoms with van der Waals surface area (Å²) in [6.07, 6.45) is 0. The smallest absolute Gasteiger partial charge is 0.328 e. The molecule has 144 valence electrons. The molecular weight excluding hydrogens is 364 g/mol. The number of carbonyl (C=O) groups excluding carboxylic acids is 1. The van der Waals surface area contributed by atoms with E-state index in [9.17, 15) is 18.1 Å². The monoisotopic (exact) mass is 387 g/mol. The predicted molar refractivity (Wildman–Crippen MR) is 95.2 cm³/mol. The number of rotatable bonds is 5. The van der Waals surface area contributed by atoms with E-state index in [0.717, 1.165) is 6.07 Å². The summed E-state index contributed by atoms with van der Waals surface area (Å²) < 4.78 is 52.7. The minimum absolute atomic E-state index is 0.0855. The average molecular weight is 387 g/mol. The number of hydrogen-bond acceptors (Lipinski definition) is 5. The fourth-order valence-electron chi connectivity index (χ4n) is 2.60. The predicted octanol–water partition coefficient (Wildman–Crippen LogP) is 2.98.